The highest BCUT2D eigenvalue weighted by Gasteiger charge is 2.29. The molecule has 4 nitrogen and oxygen atoms in total. The number of aromatic nitrogens is 3. The lowest BCUT2D eigenvalue weighted by molar-refractivity contribution is 0.110. The van der Waals surface area contributed by atoms with Crippen molar-refractivity contribution in [3.05, 3.63) is 54.5 Å². The Morgan fingerprint density at radius 2 is 1.86 bits per heavy atom. The van der Waals surface area contributed by atoms with Crippen molar-refractivity contribution in [2.24, 2.45) is 5.92 Å². The minimum absolute atomic E-state index is 0.717. The largest absolute Gasteiger partial charge is 0.361 e. The first kappa shape index (κ1) is 17.3. The highest BCUT2D eigenvalue weighted by atomic mass is 15.2. The van der Waals surface area contributed by atoms with Gasteiger partial charge in [0.2, 0.25) is 0 Å². The van der Waals surface area contributed by atoms with Crippen LogP contribution >= 0.6 is 0 Å². The van der Waals surface area contributed by atoms with Gasteiger partial charge in [0.1, 0.15) is 5.82 Å². The first-order chi connectivity index (χ1) is 14.3. The van der Waals surface area contributed by atoms with E-state index < -0.39 is 0 Å². The molecule has 2 aromatic heterocycles. The molecule has 1 aliphatic heterocycles. The maximum Gasteiger partial charge on any atom is 0.111 e. The molecule has 29 heavy (non-hydrogen) atoms. The van der Waals surface area contributed by atoms with Crippen molar-refractivity contribution in [1.29, 1.82) is 0 Å². The van der Waals surface area contributed by atoms with Crippen molar-refractivity contribution in [2.45, 2.75) is 45.2 Å². The minimum atomic E-state index is 0.717. The summed E-state index contributed by atoms with van der Waals surface area (Å²) in [6, 6.07) is 16.3. The first-order valence-electron chi connectivity index (χ1n) is 11.1. The summed E-state index contributed by atoms with van der Waals surface area (Å²) in [7, 11) is 0. The highest BCUT2D eigenvalue weighted by Crippen LogP contribution is 2.33. The lowest BCUT2D eigenvalue weighted by Gasteiger charge is -2.38. The average Bonchev–Trinajstić information content (AvgIpc) is 3.24. The quantitative estimate of drug-likeness (QED) is 0.525. The van der Waals surface area contributed by atoms with Crippen molar-refractivity contribution in [3.8, 4) is 11.1 Å². The standard InChI is InChI=1S/C25H28N4/c1-17(18-3-2-4-18)28-12-10-25-27-23-16-20(6-8-24(23)29(25)14-13-28)19-5-7-22-21(15-19)9-11-26-22/h5-9,11,15-18,26H,2-4,10,12-14H2,1H3. The maximum atomic E-state index is 5.05. The summed E-state index contributed by atoms with van der Waals surface area (Å²) < 4.78 is 2.46. The van der Waals surface area contributed by atoms with E-state index in [0.717, 1.165) is 43.5 Å². The van der Waals surface area contributed by atoms with Crippen LogP contribution in [0.4, 0.5) is 0 Å². The summed E-state index contributed by atoms with van der Waals surface area (Å²) in [5, 5.41) is 1.25. The smallest absolute Gasteiger partial charge is 0.111 e. The fraction of sp³-hybridized carbons (Fsp3) is 0.400. The second-order valence-electron chi connectivity index (χ2n) is 8.88. The van der Waals surface area contributed by atoms with Gasteiger partial charge in [-0.25, -0.2) is 4.98 Å². The Morgan fingerprint density at radius 1 is 1.00 bits per heavy atom. The Morgan fingerprint density at radius 3 is 2.72 bits per heavy atom. The molecule has 1 atom stereocenters. The summed E-state index contributed by atoms with van der Waals surface area (Å²) >= 11 is 0. The molecular formula is C25H28N4. The predicted octanol–water partition coefficient (Wildman–Crippen LogP) is 5.23. The van der Waals surface area contributed by atoms with Gasteiger partial charge in [0.25, 0.3) is 0 Å². The lowest BCUT2D eigenvalue weighted by atomic mass is 9.80. The van der Waals surface area contributed by atoms with Crippen molar-refractivity contribution < 1.29 is 0 Å². The first-order valence-corrected chi connectivity index (χ1v) is 11.1. The number of benzene rings is 2. The van der Waals surface area contributed by atoms with Gasteiger partial charge in [-0.05, 0) is 72.5 Å². The molecule has 1 fully saturated rings. The molecule has 148 valence electrons. The summed E-state index contributed by atoms with van der Waals surface area (Å²) in [4.78, 5) is 11.0. The molecular weight excluding hydrogens is 356 g/mol. The molecule has 0 saturated heterocycles. The van der Waals surface area contributed by atoms with Gasteiger partial charge in [-0.3, -0.25) is 4.90 Å². The SMILES string of the molecule is CC(C1CCC1)N1CCc2nc3cc(-c4ccc5[nH]ccc5c4)ccc3n2CC1. The van der Waals surface area contributed by atoms with Crippen LogP contribution in [0.15, 0.2) is 48.7 Å². The van der Waals surface area contributed by atoms with Gasteiger partial charge in [-0.2, -0.15) is 0 Å². The molecule has 1 N–H and O–H groups in total. The van der Waals surface area contributed by atoms with Gasteiger partial charge in [0, 0.05) is 43.8 Å². The van der Waals surface area contributed by atoms with Crippen LogP contribution in [0.5, 0.6) is 0 Å². The maximum absolute atomic E-state index is 5.05. The molecule has 0 amide bonds. The molecule has 1 saturated carbocycles. The molecule has 4 heteroatoms. The topological polar surface area (TPSA) is 36.9 Å². The summed E-state index contributed by atoms with van der Waals surface area (Å²) in [6.07, 6.45) is 7.31. The molecule has 3 heterocycles. The minimum Gasteiger partial charge on any atom is -0.361 e. The van der Waals surface area contributed by atoms with E-state index in [0.29, 0.717) is 0 Å². The lowest BCUT2D eigenvalue weighted by Crippen LogP contribution is -2.42. The molecule has 1 aliphatic carbocycles. The number of hydrogen-bond donors (Lipinski definition) is 1. The van der Waals surface area contributed by atoms with Crippen LogP contribution in [0.1, 0.15) is 32.0 Å². The van der Waals surface area contributed by atoms with Crippen molar-refractivity contribution in [2.75, 3.05) is 13.1 Å². The number of aromatic amines is 1. The van der Waals surface area contributed by atoms with Crippen molar-refractivity contribution >= 4 is 21.9 Å². The monoisotopic (exact) mass is 384 g/mol. The zero-order valence-corrected chi connectivity index (χ0v) is 17.1. The fourth-order valence-corrected chi connectivity index (χ4v) is 5.24. The number of hydrogen-bond acceptors (Lipinski definition) is 2. The van der Waals surface area contributed by atoms with Crippen LogP contribution in [0.25, 0.3) is 33.1 Å². The van der Waals surface area contributed by atoms with E-state index in [4.69, 9.17) is 4.98 Å². The third-order valence-corrected chi connectivity index (χ3v) is 7.36. The second-order valence-corrected chi connectivity index (χ2v) is 8.88. The number of H-pyrrole nitrogens is 1. The zero-order chi connectivity index (χ0) is 19.4. The molecule has 0 radical (unpaired) electrons. The van der Waals surface area contributed by atoms with Crippen molar-refractivity contribution in [3.63, 3.8) is 0 Å². The predicted molar refractivity (Wildman–Crippen MR) is 119 cm³/mol. The van der Waals surface area contributed by atoms with E-state index in [1.165, 1.54) is 52.6 Å². The normalized spacial score (nSPS) is 19.2. The van der Waals surface area contributed by atoms with E-state index in [1.807, 2.05) is 6.20 Å². The van der Waals surface area contributed by atoms with Gasteiger partial charge in [-0.1, -0.05) is 18.6 Å². The van der Waals surface area contributed by atoms with Crippen LogP contribution in [0.2, 0.25) is 0 Å². The van der Waals surface area contributed by atoms with Crippen molar-refractivity contribution in [1.82, 2.24) is 19.4 Å². The van der Waals surface area contributed by atoms with Crippen LogP contribution in [0.3, 0.4) is 0 Å². The molecule has 0 bridgehead atoms. The van der Waals surface area contributed by atoms with Crippen LogP contribution in [0, 0.1) is 5.92 Å². The molecule has 1 unspecified atom stereocenters. The Kier molecular flexibility index (Phi) is 4.01. The number of imidazole rings is 1. The van der Waals surface area contributed by atoms with E-state index in [9.17, 15) is 0 Å². The van der Waals surface area contributed by atoms with Crippen LogP contribution in [-0.2, 0) is 13.0 Å². The zero-order valence-electron chi connectivity index (χ0n) is 17.1. The average molecular weight is 385 g/mol. The third kappa shape index (κ3) is 2.89. The van der Waals surface area contributed by atoms with E-state index in [1.54, 1.807) is 0 Å². The fourth-order valence-electron chi connectivity index (χ4n) is 5.24. The molecule has 4 aromatic rings. The number of fused-ring (bicyclic) bond motifs is 4. The summed E-state index contributed by atoms with van der Waals surface area (Å²) in [6.45, 7) is 5.77. The molecule has 0 spiro atoms. The van der Waals surface area contributed by atoms with Gasteiger partial charge >= 0.3 is 0 Å². The highest BCUT2D eigenvalue weighted by molar-refractivity contribution is 5.88. The van der Waals surface area contributed by atoms with Gasteiger partial charge in [0.15, 0.2) is 0 Å². The Labute approximate surface area is 171 Å². The van der Waals surface area contributed by atoms with Crippen LogP contribution in [-0.4, -0.2) is 38.6 Å². The number of nitrogens with one attached hydrogen (secondary N) is 1. The van der Waals surface area contributed by atoms with Gasteiger partial charge in [0.05, 0.1) is 11.0 Å². The molecule has 6 rings (SSSR count). The second kappa shape index (κ2) is 6.74. The summed E-state index contributed by atoms with van der Waals surface area (Å²) in [5.74, 6) is 2.17. The Balaban J connectivity index is 1.30. The van der Waals surface area contributed by atoms with E-state index >= 15 is 0 Å². The molecule has 2 aromatic carbocycles. The van der Waals surface area contributed by atoms with Crippen LogP contribution < -0.4 is 0 Å². The Bertz CT molecular complexity index is 1180. The van der Waals surface area contributed by atoms with E-state index in [-0.39, 0.29) is 0 Å². The van der Waals surface area contributed by atoms with E-state index in [2.05, 4.69) is 63.8 Å². The molecule has 2 aliphatic rings. The number of nitrogens with zero attached hydrogens (tertiary/aromatic N) is 3. The third-order valence-electron chi connectivity index (χ3n) is 7.36. The summed E-state index contributed by atoms with van der Waals surface area (Å²) in [5.41, 5.74) is 6.10. The Hall–Kier alpha value is -2.59. The van der Waals surface area contributed by atoms with Gasteiger partial charge in [-0.15, -0.1) is 0 Å². The van der Waals surface area contributed by atoms with Gasteiger partial charge < -0.3 is 9.55 Å². The number of rotatable bonds is 3.